The lowest BCUT2D eigenvalue weighted by molar-refractivity contribution is -0.149. The van der Waals surface area contributed by atoms with E-state index in [1.807, 2.05) is 64.6 Å². The summed E-state index contributed by atoms with van der Waals surface area (Å²) in [5.74, 6) is -4.91. The first-order valence-corrected chi connectivity index (χ1v) is 24.0. The Kier molecular flexibility index (Phi) is 20.1. The van der Waals surface area contributed by atoms with Gasteiger partial charge in [0.15, 0.2) is 0 Å². The van der Waals surface area contributed by atoms with E-state index in [2.05, 4.69) is 10.6 Å². The Morgan fingerprint density at radius 2 is 1.46 bits per heavy atom. The number of piperidine rings is 1. The zero-order chi connectivity index (χ0) is 49.9. The normalized spacial score (nSPS) is 21.2. The number of rotatable bonds is 27. The van der Waals surface area contributed by atoms with E-state index in [1.54, 1.807) is 38.1 Å². The maximum absolute atomic E-state index is 14.6. The highest BCUT2D eigenvalue weighted by molar-refractivity contribution is 6.12. The lowest BCUT2D eigenvalue weighted by atomic mass is 9.89. The van der Waals surface area contributed by atoms with Gasteiger partial charge in [-0.25, -0.2) is 4.79 Å². The van der Waals surface area contributed by atoms with Gasteiger partial charge in [0, 0.05) is 65.9 Å². The Morgan fingerprint density at radius 3 is 2.01 bits per heavy atom. The van der Waals surface area contributed by atoms with Gasteiger partial charge in [0.1, 0.15) is 18.1 Å². The van der Waals surface area contributed by atoms with Crippen molar-refractivity contribution in [1.29, 1.82) is 0 Å². The number of likely N-dealkylation sites (tertiary alicyclic amines) is 1. The highest BCUT2D eigenvalue weighted by Crippen LogP contribution is 2.50. The molecule has 0 aromatic heterocycles. The van der Waals surface area contributed by atoms with Crippen molar-refractivity contribution in [3.05, 3.63) is 48.0 Å². The summed E-state index contributed by atoms with van der Waals surface area (Å²) in [5.41, 5.74) is 0.767. The molecule has 3 aliphatic rings. The van der Waals surface area contributed by atoms with Gasteiger partial charge in [0.05, 0.1) is 36.6 Å². The number of carboxylic acid groups (broad SMARTS) is 1. The number of methoxy groups -OCH3 is 2. The predicted octanol–water partition coefficient (Wildman–Crippen LogP) is 3.83. The van der Waals surface area contributed by atoms with E-state index < -0.39 is 66.1 Å². The second-order valence-corrected chi connectivity index (χ2v) is 19.4. The second-order valence-electron chi connectivity index (χ2n) is 19.4. The smallest absolute Gasteiger partial charge is 0.326 e. The number of aliphatic carboxylic acids is 1. The van der Waals surface area contributed by atoms with Crippen molar-refractivity contribution in [2.45, 2.75) is 155 Å². The van der Waals surface area contributed by atoms with E-state index in [-0.39, 0.29) is 85.1 Å². The first-order valence-electron chi connectivity index (χ1n) is 24.0. The van der Waals surface area contributed by atoms with Gasteiger partial charge in [-0.15, -0.1) is 0 Å². The summed E-state index contributed by atoms with van der Waals surface area (Å²) in [7, 11) is 6.25. The topological polar surface area (TPSA) is 212 Å². The standard InChI is InChI=1S/C50H76N6O11/c1-12-31(6)45(54(9)49(63)43(29(2)3)52-48(62)44(30(4)5)53(8)39(57)21-17-14-18-24-55-40(58)22-23-41(55)59)38(66-10)28-42(60)56-36-26-34(36)27-37(56)46(67-11)32(7)47(61)51-35(50(64)65)25-33-19-15-13-16-20-33/h13,15-16,19-20,22-23,29-32,34-38,43-46H,12,14,17-18,21,24-28H2,1-11H3,(H,51,61)(H,52,62)(H,64,65)/t31-,32+,34-,35-,36-,37-,38+,43-,44-,45-,46+/m0/s1. The van der Waals surface area contributed by atoms with Crippen molar-refractivity contribution < 1.29 is 52.9 Å². The zero-order valence-electron chi connectivity index (χ0n) is 41.4. The molecule has 1 aromatic carbocycles. The summed E-state index contributed by atoms with van der Waals surface area (Å²) in [6.45, 7) is 13.3. The first-order chi connectivity index (χ1) is 31.7. The average Bonchev–Trinajstić information content (AvgIpc) is 3.83. The molecule has 0 spiro atoms. The van der Waals surface area contributed by atoms with Gasteiger partial charge in [0.25, 0.3) is 11.8 Å². The molecule has 4 rings (SSSR count). The second kappa shape index (κ2) is 24.7. The van der Waals surface area contributed by atoms with E-state index in [0.29, 0.717) is 32.1 Å². The molecule has 2 fully saturated rings. The van der Waals surface area contributed by atoms with Gasteiger partial charge >= 0.3 is 5.97 Å². The summed E-state index contributed by atoms with van der Waals surface area (Å²) in [6, 6.07) is 5.00. The summed E-state index contributed by atoms with van der Waals surface area (Å²) < 4.78 is 12.0. The van der Waals surface area contributed by atoms with Crippen LogP contribution in [0.2, 0.25) is 0 Å². The van der Waals surface area contributed by atoms with Gasteiger partial charge in [-0.2, -0.15) is 0 Å². The van der Waals surface area contributed by atoms with Gasteiger partial charge in [0.2, 0.25) is 29.5 Å². The van der Waals surface area contributed by atoms with Crippen LogP contribution in [0.3, 0.4) is 0 Å². The Bertz CT molecular complexity index is 1920. The number of hydrogen-bond acceptors (Lipinski definition) is 10. The number of hydrogen-bond donors (Lipinski definition) is 3. The molecular formula is C50H76N6O11. The van der Waals surface area contributed by atoms with Gasteiger partial charge < -0.3 is 39.9 Å². The van der Waals surface area contributed by atoms with E-state index in [0.717, 1.165) is 12.0 Å². The van der Waals surface area contributed by atoms with Crippen LogP contribution >= 0.6 is 0 Å². The van der Waals surface area contributed by atoms with Crippen molar-refractivity contribution in [3.63, 3.8) is 0 Å². The van der Waals surface area contributed by atoms with Crippen LogP contribution in [0.4, 0.5) is 0 Å². The molecule has 372 valence electrons. The lowest BCUT2D eigenvalue weighted by Crippen LogP contribution is -2.60. The molecule has 2 heterocycles. The molecule has 1 saturated carbocycles. The monoisotopic (exact) mass is 937 g/mol. The summed E-state index contributed by atoms with van der Waals surface area (Å²) >= 11 is 0. The SMILES string of the molecule is CC[C@H](C)[C@@H]([C@@H](CC(=O)N1[C@H]2C[C@H]2C[C@H]1[C@H](OC)[C@@H](C)C(=O)N[C@@H](Cc1ccccc1)C(=O)O)OC)N(C)C(=O)[C@@H](NC(=O)[C@H](C(C)C)N(C)C(=O)CCCCCN1C(=O)C=CC1=O)C(C)C. The minimum absolute atomic E-state index is 0.0370. The number of amides is 7. The number of imide groups is 1. The summed E-state index contributed by atoms with van der Waals surface area (Å²) in [4.78, 5) is 112. The zero-order valence-corrected chi connectivity index (χ0v) is 41.4. The maximum Gasteiger partial charge on any atom is 0.326 e. The van der Waals surface area contributed by atoms with Crippen molar-refractivity contribution >= 4 is 47.3 Å². The minimum Gasteiger partial charge on any atom is -0.480 e. The molecule has 0 radical (unpaired) electrons. The van der Waals surface area contributed by atoms with Gasteiger partial charge in [-0.1, -0.05) is 91.6 Å². The van der Waals surface area contributed by atoms with Crippen LogP contribution < -0.4 is 10.6 Å². The van der Waals surface area contributed by atoms with Crippen molar-refractivity contribution in [2.24, 2.45) is 29.6 Å². The molecule has 3 N–H and O–H groups in total. The van der Waals surface area contributed by atoms with Crippen molar-refractivity contribution in [2.75, 3.05) is 34.9 Å². The average molecular weight is 937 g/mol. The number of fused-ring (bicyclic) bond motifs is 1. The van der Waals surface area contributed by atoms with Crippen LogP contribution in [-0.2, 0) is 54.3 Å². The number of nitrogens with one attached hydrogen (secondary N) is 2. The number of carbonyl (C=O) groups is 8. The fraction of sp³-hybridized carbons (Fsp3) is 0.680. The number of unbranched alkanes of at least 4 members (excludes halogenated alkanes) is 2. The first kappa shape index (κ1) is 54.4. The number of carbonyl (C=O) groups excluding carboxylic acids is 7. The maximum atomic E-state index is 14.6. The molecule has 17 heteroatoms. The Labute approximate surface area is 396 Å². The van der Waals surface area contributed by atoms with E-state index in [9.17, 15) is 43.5 Å². The Balaban J connectivity index is 1.43. The molecule has 17 nitrogen and oxygen atoms in total. The van der Waals surface area contributed by atoms with Crippen LogP contribution in [0.1, 0.15) is 105 Å². The molecule has 1 aromatic rings. The van der Waals surface area contributed by atoms with E-state index in [1.165, 1.54) is 36.2 Å². The lowest BCUT2D eigenvalue weighted by Gasteiger charge is -2.41. The quantitative estimate of drug-likeness (QED) is 0.0853. The number of likely N-dealkylation sites (N-methyl/N-ethyl adjacent to an activating group) is 2. The fourth-order valence-electron chi connectivity index (χ4n) is 9.96. The predicted molar refractivity (Wildman–Crippen MR) is 251 cm³/mol. The number of ether oxygens (including phenoxy) is 2. The Hall–Kier alpha value is -5.16. The van der Waals surface area contributed by atoms with Crippen molar-refractivity contribution in [3.8, 4) is 0 Å². The molecule has 0 unspecified atom stereocenters. The molecule has 0 bridgehead atoms. The van der Waals surface area contributed by atoms with Crippen LogP contribution in [0.5, 0.6) is 0 Å². The highest BCUT2D eigenvalue weighted by atomic mass is 16.5. The van der Waals surface area contributed by atoms with E-state index >= 15 is 0 Å². The van der Waals surface area contributed by atoms with Crippen LogP contribution in [0.25, 0.3) is 0 Å². The van der Waals surface area contributed by atoms with Crippen LogP contribution in [-0.4, -0.2) is 155 Å². The molecule has 11 atom stereocenters. The van der Waals surface area contributed by atoms with Crippen molar-refractivity contribution in [1.82, 2.24) is 30.2 Å². The Morgan fingerprint density at radius 1 is 0.821 bits per heavy atom. The van der Waals surface area contributed by atoms with Crippen LogP contribution in [0.15, 0.2) is 42.5 Å². The molecule has 7 amide bonds. The summed E-state index contributed by atoms with van der Waals surface area (Å²) in [5, 5.41) is 15.6. The van der Waals surface area contributed by atoms with E-state index in [4.69, 9.17) is 9.47 Å². The largest absolute Gasteiger partial charge is 0.480 e. The summed E-state index contributed by atoms with van der Waals surface area (Å²) in [6.07, 6.45) is 4.99. The highest BCUT2D eigenvalue weighted by Gasteiger charge is 2.57. The molecule has 1 saturated heterocycles. The van der Waals surface area contributed by atoms with Gasteiger partial charge in [-0.05, 0) is 54.9 Å². The van der Waals surface area contributed by atoms with Crippen LogP contribution in [0, 0.1) is 29.6 Å². The third kappa shape index (κ3) is 13.7. The molecule has 2 aliphatic heterocycles. The minimum atomic E-state index is -1.16. The fourth-order valence-corrected chi connectivity index (χ4v) is 9.96. The third-order valence-electron chi connectivity index (χ3n) is 14.1. The molecule has 67 heavy (non-hydrogen) atoms. The molecular weight excluding hydrogens is 861 g/mol. The third-order valence-corrected chi connectivity index (χ3v) is 14.1. The number of carboxylic acids is 1. The number of benzene rings is 1. The van der Waals surface area contributed by atoms with Gasteiger partial charge in [-0.3, -0.25) is 38.5 Å². The molecule has 1 aliphatic carbocycles. The number of nitrogens with zero attached hydrogens (tertiary/aromatic N) is 4.